The second-order valence-electron chi connectivity index (χ2n) is 4.15. The third-order valence-electron chi connectivity index (χ3n) is 2.64. The van der Waals surface area contributed by atoms with E-state index in [9.17, 15) is 5.11 Å². The molecule has 1 N–H and O–H groups in total. The van der Waals surface area contributed by atoms with Crippen molar-refractivity contribution in [3.63, 3.8) is 0 Å². The first-order valence-electron chi connectivity index (χ1n) is 5.36. The summed E-state index contributed by atoms with van der Waals surface area (Å²) in [5.41, 5.74) is 2.54. The zero-order chi connectivity index (χ0) is 11.3. The van der Waals surface area contributed by atoms with Gasteiger partial charge in [-0.05, 0) is 25.8 Å². The molecular weight excluding hydrogens is 204 g/mol. The van der Waals surface area contributed by atoms with E-state index in [-0.39, 0.29) is 12.0 Å². The largest absolute Gasteiger partial charge is 0.428 e. The quantitative estimate of drug-likeness (QED) is 0.751. The number of hydrogen-bond acceptors (Lipinski definition) is 2. The maximum atomic E-state index is 9.61. The second-order valence-corrected chi connectivity index (χ2v) is 4.73. The van der Waals surface area contributed by atoms with E-state index >= 15 is 0 Å². The summed E-state index contributed by atoms with van der Waals surface area (Å²) in [6.45, 7) is 4.59. The molecule has 2 nitrogen and oxygen atoms in total. The van der Waals surface area contributed by atoms with Crippen LogP contribution in [0.2, 0.25) is 0 Å². The van der Waals surface area contributed by atoms with Crippen molar-refractivity contribution >= 4 is 10.5 Å². The van der Waals surface area contributed by atoms with Crippen molar-refractivity contribution in [2.75, 3.05) is 6.61 Å². The molecule has 0 fully saturated rings. The standard InChI is InChI=1S/C12H20O2Si/c1-9-4-3-5-11(6-9)7-12(8-14-15)10(2)13/h3-6,10,12-13H,7-8H2,1-2,15H3. The normalized spacial score (nSPS) is 15.1. The summed E-state index contributed by atoms with van der Waals surface area (Å²) in [4.78, 5) is 0. The molecule has 0 spiro atoms. The van der Waals surface area contributed by atoms with Crippen LogP contribution in [0.15, 0.2) is 24.3 Å². The summed E-state index contributed by atoms with van der Waals surface area (Å²) in [6.07, 6.45) is 0.584. The van der Waals surface area contributed by atoms with Gasteiger partial charge in [-0.25, -0.2) is 0 Å². The van der Waals surface area contributed by atoms with Crippen LogP contribution in [0, 0.1) is 12.8 Å². The Morgan fingerprint density at radius 3 is 2.73 bits per heavy atom. The van der Waals surface area contributed by atoms with Crippen molar-refractivity contribution in [2.24, 2.45) is 5.92 Å². The molecule has 1 rings (SSSR count). The number of aliphatic hydroxyl groups excluding tert-OH is 1. The van der Waals surface area contributed by atoms with E-state index in [0.717, 1.165) is 16.9 Å². The van der Waals surface area contributed by atoms with E-state index in [0.29, 0.717) is 6.61 Å². The Morgan fingerprint density at radius 2 is 2.20 bits per heavy atom. The number of rotatable bonds is 5. The molecule has 2 unspecified atom stereocenters. The highest BCUT2D eigenvalue weighted by Gasteiger charge is 2.14. The summed E-state index contributed by atoms with van der Waals surface area (Å²) in [7, 11) is 0.737. The van der Waals surface area contributed by atoms with Crippen molar-refractivity contribution in [1.29, 1.82) is 0 Å². The second kappa shape index (κ2) is 6.05. The third-order valence-corrected chi connectivity index (χ3v) is 2.98. The predicted octanol–water partition coefficient (Wildman–Crippen LogP) is 0.832. The van der Waals surface area contributed by atoms with Gasteiger partial charge < -0.3 is 9.53 Å². The fourth-order valence-electron chi connectivity index (χ4n) is 1.72. The van der Waals surface area contributed by atoms with Gasteiger partial charge in [0.15, 0.2) is 0 Å². The van der Waals surface area contributed by atoms with Gasteiger partial charge in [0.25, 0.3) is 0 Å². The molecule has 15 heavy (non-hydrogen) atoms. The van der Waals surface area contributed by atoms with Gasteiger partial charge in [0, 0.05) is 12.5 Å². The first-order chi connectivity index (χ1) is 7.13. The Kier molecular flexibility index (Phi) is 5.01. The molecule has 0 saturated heterocycles. The van der Waals surface area contributed by atoms with Crippen LogP contribution in [0.1, 0.15) is 18.1 Å². The summed E-state index contributed by atoms with van der Waals surface area (Å²) in [5, 5.41) is 9.61. The Labute approximate surface area is 94.8 Å². The lowest BCUT2D eigenvalue weighted by Crippen LogP contribution is -2.24. The predicted molar refractivity (Wildman–Crippen MR) is 65.9 cm³/mol. The lowest BCUT2D eigenvalue weighted by Gasteiger charge is -2.19. The lowest BCUT2D eigenvalue weighted by atomic mass is 9.95. The average molecular weight is 224 g/mol. The van der Waals surface area contributed by atoms with Crippen molar-refractivity contribution < 1.29 is 9.53 Å². The molecule has 0 aromatic heterocycles. The molecule has 1 aromatic rings. The van der Waals surface area contributed by atoms with Gasteiger partial charge >= 0.3 is 0 Å². The molecule has 2 atom stereocenters. The van der Waals surface area contributed by atoms with E-state index in [4.69, 9.17) is 4.43 Å². The first-order valence-corrected chi connectivity index (χ1v) is 6.17. The van der Waals surface area contributed by atoms with Crippen LogP contribution in [0.3, 0.4) is 0 Å². The summed E-state index contributed by atoms with van der Waals surface area (Å²) in [6, 6.07) is 8.42. The Balaban J connectivity index is 2.65. The first kappa shape index (κ1) is 12.4. The summed E-state index contributed by atoms with van der Waals surface area (Å²) in [5.74, 6) is 0.212. The third kappa shape index (κ3) is 4.16. The van der Waals surface area contributed by atoms with E-state index in [1.165, 1.54) is 11.1 Å². The van der Waals surface area contributed by atoms with Crippen LogP contribution in [-0.2, 0) is 10.8 Å². The maximum absolute atomic E-state index is 9.61. The smallest absolute Gasteiger partial charge is 0.145 e. The van der Waals surface area contributed by atoms with Gasteiger partial charge in [-0.3, -0.25) is 0 Å². The SMILES string of the molecule is Cc1cccc(CC(CO[SiH3])C(C)O)c1. The molecule has 1 aromatic carbocycles. The Bertz CT molecular complexity index is 299. The van der Waals surface area contributed by atoms with Crippen LogP contribution in [0.5, 0.6) is 0 Å². The molecule has 3 heteroatoms. The monoisotopic (exact) mass is 224 g/mol. The Hall–Kier alpha value is -0.643. The van der Waals surface area contributed by atoms with Crippen molar-refractivity contribution in [3.8, 4) is 0 Å². The van der Waals surface area contributed by atoms with Gasteiger partial charge in [-0.1, -0.05) is 29.8 Å². The molecule has 0 aliphatic carbocycles. The highest BCUT2D eigenvalue weighted by atomic mass is 28.2. The van der Waals surface area contributed by atoms with Gasteiger partial charge in [-0.2, -0.15) is 0 Å². The van der Waals surface area contributed by atoms with Gasteiger partial charge in [0.1, 0.15) is 10.5 Å². The van der Waals surface area contributed by atoms with Crippen LogP contribution >= 0.6 is 0 Å². The van der Waals surface area contributed by atoms with Crippen LogP contribution in [-0.4, -0.2) is 28.3 Å². The summed E-state index contributed by atoms with van der Waals surface area (Å²) >= 11 is 0. The molecule has 0 aliphatic rings. The number of aryl methyl sites for hydroxylation is 1. The van der Waals surface area contributed by atoms with Crippen LogP contribution in [0.4, 0.5) is 0 Å². The topological polar surface area (TPSA) is 29.5 Å². The van der Waals surface area contributed by atoms with E-state index in [1.54, 1.807) is 0 Å². The Morgan fingerprint density at radius 1 is 1.47 bits per heavy atom. The molecular formula is C12H20O2Si. The molecule has 84 valence electrons. The highest BCUT2D eigenvalue weighted by Crippen LogP contribution is 2.14. The zero-order valence-electron chi connectivity index (χ0n) is 9.73. The molecule has 0 radical (unpaired) electrons. The molecule has 0 heterocycles. The van der Waals surface area contributed by atoms with Crippen molar-refractivity contribution in [1.82, 2.24) is 0 Å². The minimum Gasteiger partial charge on any atom is -0.428 e. The minimum absolute atomic E-state index is 0.212. The highest BCUT2D eigenvalue weighted by molar-refractivity contribution is 5.97. The van der Waals surface area contributed by atoms with E-state index in [1.807, 2.05) is 6.92 Å². The number of hydrogen-bond donors (Lipinski definition) is 1. The summed E-state index contributed by atoms with van der Waals surface area (Å²) < 4.78 is 5.25. The van der Waals surface area contributed by atoms with E-state index < -0.39 is 0 Å². The fraction of sp³-hybridized carbons (Fsp3) is 0.500. The molecule has 0 bridgehead atoms. The zero-order valence-corrected chi connectivity index (χ0v) is 11.7. The van der Waals surface area contributed by atoms with Crippen molar-refractivity contribution in [3.05, 3.63) is 35.4 Å². The molecule has 0 aliphatic heterocycles. The minimum atomic E-state index is -0.306. The van der Waals surface area contributed by atoms with Crippen LogP contribution in [0.25, 0.3) is 0 Å². The number of benzene rings is 1. The van der Waals surface area contributed by atoms with Crippen molar-refractivity contribution in [2.45, 2.75) is 26.4 Å². The van der Waals surface area contributed by atoms with Gasteiger partial charge in [0.2, 0.25) is 0 Å². The number of aliphatic hydroxyl groups is 1. The molecule has 0 amide bonds. The van der Waals surface area contributed by atoms with Crippen LogP contribution < -0.4 is 0 Å². The maximum Gasteiger partial charge on any atom is 0.145 e. The average Bonchev–Trinajstić information content (AvgIpc) is 2.17. The lowest BCUT2D eigenvalue weighted by molar-refractivity contribution is 0.0920. The van der Waals surface area contributed by atoms with Gasteiger partial charge in [0.05, 0.1) is 6.10 Å². The van der Waals surface area contributed by atoms with Gasteiger partial charge in [-0.15, -0.1) is 0 Å². The fourth-order valence-corrected chi connectivity index (χ4v) is 2.15. The van der Waals surface area contributed by atoms with E-state index in [2.05, 4.69) is 31.2 Å². The molecule has 0 saturated carbocycles.